The van der Waals surface area contributed by atoms with E-state index < -0.39 is 16.0 Å². The number of rotatable bonds is 6. The molecular weight excluding hydrogens is 414 g/mol. The van der Waals surface area contributed by atoms with Crippen molar-refractivity contribution < 1.29 is 17.9 Å². The van der Waals surface area contributed by atoms with Crippen LogP contribution in [0.2, 0.25) is 0 Å². The van der Waals surface area contributed by atoms with Gasteiger partial charge in [0.2, 0.25) is 10.0 Å². The van der Waals surface area contributed by atoms with Crippen LogP contribution in [0.25, 0.3) is 11.0 Å². The number of hydrogen-bond acceptors (Lipinski definition) is 5. The van der Waals surface area contributed by atoms with E-state index in [1.807, 2.05) is 30.5 Å². The quantitative estimate of drug-likeness (QED) is 0.542. The van der Waals surface area contributed by atoms with Crippen LogP contribution >= 0.6 is 0 Å². The van der Waals surface area contributed by atoms with Gasteiger partial charge in [-0.1, -0.05) is 24.6 Å². The molecule has 0 saturated carbocycles. The van der Waals surface area contributed by atoms with Gasteiger partial charge in [-0.3, -0.25) is 0 Å². The Kier molecular flexibility index (Phi) is 6.11. The summed E-state index contributed by atoms with van der Waals surface area (Å²) in [7, 11) is -3.53. The third kappa shape index (κ3) is 4.22. The fourth-order valence-corrected chi connectivity index (χ4v) is 5.58. The lowest BCUT2D eigenvalue weighted by Gasteiger charge is -2.25. The van der Waals surface area contributed by atoms with Crippen molar-refractivity contribution in [3.05, 3.63) is 59.4 Å². The summed E-state index contributed by atoms with van der Waals surface area (Å²) in [6.07, 6.45) is 2.85. The van der Waals surface area contributed by atoms with Gasteiger partial charge in [0, 0.05) is 19.6 Å². The van der Waals surface area contributed by atoms with E-state index >= 15 is 0 Å². The number of benzene rings is 2. The number of carbonyl (C=O) groups is 1. The SMILES string of the molecule is CCn1c(COC(=O)c2ccccc2C)nc2cc(S(=O)(=O)N3CCCCC3)ccc21. The Balaban J connectivity index is 1.60. The van der Waals surface area contributed by atoms with Gasteiger partial charge in [-0.2, -0.15) is 4.31 Å². The van der Waals surface area contributed by atoms with Gasteiger partial charge in [-0.15, -0.1) is 0 Å². The van der Waals surface area contributed by atoms with Gasteiger partial charge in [0.25, 0.3) is 0 Å². The van der Waals surface area contributed by atoms with E-state index in [0.29, 0.717) is 36.5 Å². The molecule has 164 valence electrons. The van der Waals surface area contributed by atoms with Crippen LogP contribution in [-0.2, 0) is 27.9 Å². The van der Waals surface area contributed by atoms with Crippen LogP contribution in [0.3, 0.4) is 0 Å². The van der Waals surface area contributed by atoms with Crippen molar-refractivity contribution in [3.63, 3.8) is 0 Å². The third-order valence-electron chi connectivity index (χ3n) is 5.77. The van der Waals surface area contributed by atoms with Crippen LogP contribution < -0.4 is 0 Å². The largest absolute Gasteiger partial charge is 0.454 e. The number of sulfonamides is 1. The molecule has 7 nitrogen and oxygen atoms in total. The smallest absolute Gasteiger partial charge is 0.338 e. The first-order valence-corrected chi connectivity index (χ1v) is 12.1. The lowest BCUT2D eigenvalue weighted by atomic mass is 10.1. The standard InChI is InChI=1S/C23H27N3O4S/c1-3-26-21-12-11-18(31(28,29)25-13-7-4-8-14-25)15-20(21)24-22(26)16-30-23(27)19-10-6-5-9-17(19)2/h5-6,9-12,15H,3-4,7-8,13-14,16H2,1-2H3. The van der Waals surface area contributed by atoms with Crippen LogP contribution in [-0.4, -0.2) is 41.3 Å². The number of imidazole rings is 1. The van der Waals surface area contributed by atoms with Gasteiger partial charge in [-0.05, 0) is 56.5 Å². The summed E-state index contributed by atoms with van der Waals surface area (Å²) >= 11 is 0. The zero-order valence-electron chi connectivity index (χ0n) is 17.9. The number of aryl methyl sites for hydroxylation is 2. The predicted octanol–water partition coefficient (Wildman–Crippen LogP) is 3.90. The second-order valence-electron chi connectivity index (χ2n) is 7.78. The fraction of sp³-hybridized carbons (Fsp3) is 0.391. The molecular formula is C23H27N3O4S. The Morgan fingerprint density at radius 1 is 1.10 bits per heavy atom. The third-order valence-corrected chi connectivity index (χ3v) is 7.66. The van der Waals surface area contributed by atoms with Gasteiger partial charge in [0.05, 0.1) is 21.5 Å². The van der Waals surface area contributed by atoms with Crippen LogP contribution in [0.5, 0.6) is 0 Å². The van der Waals surface area contributed by atoms with Crippen molar-refractivity contribution >= 4 is 27.0 Å². The zero-order valence-corrected chi connectivity index (χ0v) is 18.7. The molecule has 1 saturated heterocycles. The Morgan fingerprint density at radius 2 is 1.84 bits per heavy atom. The average molecular weight is 442 g/mol. The molecule has 8 heteroatoms. The van der Waals surface area contributed by atoms with E-state index in [-0.39, 0.29) is 11.5 Å². The minimum absolute atomic E-state index is 0.0178. The van der Waals surface area contributed by atoms with Crippen molar-refractivity contribution in [2.45, 2.75) is 51.2 Å². The van der Waals surface area contributed by atoms with E-state index in [0.717, 1.165) is 30.3 Å². The van der Waals surface area contributed by atoms with Crippen LogP contribution in [0.4, 0.5) is 0 Å². The van der Waals surface area contributed by atoms with E-state index in [1.54, 1.807) is 34.6 Å². The molecule has 0 radical (unpaired) electrons. The molecule has 1 aliphatic heterocycles. The molecule has 1 fully saturated rings. The summed E-state index contributed by atoms with van der Waals surface area (Å²) in [4.78, 5) is 17.3. The second-order valence-corrected chi connectivity index (χ2v) is 9.72. The summed E-state index contributed by atoms with van der Waals surface area (Å²) in [5.41, 5.74) is 2.78. The molecule has 0 spiro atoms. The normalized spacial score (nSPS) is 15.3. The van der Waals surface area contributed by atoms with Crippen molar-refractivity contribution in [1.82, 2.24) is 13.9 Å². The molecule has 2 heterocycles. The summed E-state index contributed by atoms with van der Waals surface area (Å²) < 4.78 is 35.0. The maximum atomic E-state index is 13.0. The molecule has 4 rings (SSSR count). The lowest BCUT2D eigenvalue weighted by molar-refractivity contribution is 0.0458. The summed E-state index contributed by atoms with van der Waals surface area (Å²) in [5, 5.41) is 0. The molecule has 0 atom stereocenters. The van der Waals surface area contributed by atoms with Gasteiger partial charge < -0.3 is 9.30 Å². The highest BCUT2D eigenvalue weighted by molar-refractivity contribution is 7.89. The van der Waals surface area contributed by atoms with Crippen molar-refractivity contribution in [2.75, 3.05) is 13.1 Å². The number of esters is 1. The van der Waals surface area contributed by atoms with Crippen molar-refractivity contribution in [3.8, 4) is 0 Å². The highest BCUT2D eigenvalue weighted by Crippen LogP contribution is 2.25. The molecule has 0 unspecified atom stereocenters. The molecule has 0 aliphatic carbocycles. The summed E-state index contributed by atoms with van der Waals surface area (Å²) in [5.74, 6) is 0.188. The Bertz CT molecular complexity index is 1210. The first kappa shape index (κ1) is 21.5. The summed E-state index contributed by atoms with van der Waals surface area (Å²) in [6, 6.07) is 12.3. The monoisotopic (exact) mass is 441 g/mol. The highest BCUT2D eigenvalue weighted by Gasteiger charge is 2.26. The number of hydrogen-bond donors (Lipinski definition) is 0. The van der Waals surface area contributed by atoms with Gasteiger partial charge in [0.15, 0.2) is 0 Å². The topological polar surface area (TPSA) is 81.5 Å². The minimum atomic E-state index is -3.53. The maximum absolute atomic E-state index is 13.0. The van der Waals surface area contributed by atoms with E-state index in [9.17, 15) is 13.2 Å². The molecule has 2 aromatic carbocycles. The molecule has 0 amide bonds. The number of aromatic nitrogens is 2. The fourth-order valence-electron chi connectivity index (χ4n) is 4.05. The van der Waals surface area contributed by atoms with Crippen molar-refractivity contribution in [2.24, 2.45) is 0 Å². The lowest BCUT2D eigenvalue weighted by Crippen LogP contribution is -2.35. The Morgan fingerprint density at radius 3 is 2.55 bits per heavy atom. The predicted molar refractivity (Wildman–Crippen MR) is 118 cm³/mol. The molecule has 1 aliphatic rings. The summed E-state index contributed by atoms with van der Waals surface area (Å²) in [6.45, 7) is 5.61. The first-order chi connectivity index (χ1) is 14.9. The molecule has 0 bridgehead atoms. The number of ether oxygens (including phenoxy) is 1. The number of carbonyl (C=O) groups excluding carboxylic acids is 1. The zero-order chi connectivity index (χ0) is 22.0. The van der Waals surface area contributed by atoms with Gasteiger partial charge >= 0.3 is 5.97 Å². The highest BCUT2D eigenvalue weighted by atomic mass is 32.2. The second kappa shape index (κ2) is 8.80. The van der Waals surface area contributed by atoms with Crippen LogP contribution in [0.1, 0.15) is 47.9 Å². The van der Waals surface area contributed by atoms with Gasteiger partial charge in [0.1, 0.15) is 12.4 Å². The molecule has 1 aromatic heterocycles. The number of piperidine rings is 1. The van der Waals surface area contributed by atoms with E-state index in [4.69, 9.17) is 4.74 Å². The van der Waals surface area contributed by atoms with Crippen molar-refractivity contribution in [1.29, 1.82) is 0 Å². The van der Waals surface area contributed by atoms with E-state index in [1.165, 1.54) is 0 Å². The maximum Gasteiger partial charge on any atom is 0.338 e. The van der Waals surface area contributed by atoms with Crippen LogP contribution in [0, 0.1) is 6.92 Å². The molecule has 0 N–H and O–H groups in total. The molecule has 31 heavy (non-hydrogen) atoms. The Hall–Kier alpha value is -2.71. The minimum Gasteiger partial charge on any atom is -0.454 e. The average Bonchev–Trinajstić information content (AvgIpc) is 3.15. The van der Waals surface area contributed by atoms with Gasteiger partial charge in [-0.25, -0.2) is 18.2 Å². The van der Waals surface area contributed by atoms with E-state index in [2.05, 4.69) is 4.98 Å². The number of nitrogens with zero attached hydrogens (tertiary/aromatic N) is 3. The Labute approximate surface area is 182 Å². The molecule has 3 aromatic rings. The first-order valence-electron chi connectivity index (χ1n) is 10.6. The number of fused-ring (bicyclic) bond motifs is 1. The van der Waals surface area contributed by atoms with Crippen LogP contribution in [0.15, 0.2) is 47.4 Å².